The largest absolute Gasteiger partial charge is 0.392 e. The van der Waals surface area contributed by atoms with Gasteiger partial charge >= 0.3 is 6.03 Å². The third-order valence-electron chi connectivity index (χ3n) is 5.61. The van der Waals surface area contributed by atoms with E-state index in [9.17, 15) is 9.90 Å². The summed E-state index contributed by atoms with van der Waals surface area (Å²) in [7, 11) is 2.05. The van der Waals surface area contributed by atoms with E-state index in [2.05, 4.69) is 29.2 Å². The summed E-state index contributed by atoms with van der Waals surface area (Å²) in [5, 5.41) is 14.9. The fourth-order valence-electron chi connectivity index (χ4n) is 3.87. The van der Waals surface area contributed by atoms with Gasteiger partial charge in [0.25, 0.3) is 0 Å². The Balaban J connectivity index is 1.72. The molecule has 3 N–H and O–H groups in total. The first kappa shape index (κ1) is 24.9. The third-order valence-corrected chi connectivity index (χ3v) is 5.61. The topological polar surface area (TPSA) is 83.1 Å². The number of aliphatic hydroxyl groups excluding tert-OH is 1. The van der Waals surface area contributed by atoms with Gasteiger partial charge in [0, 0.05) is 38.2 Å². The molecular formula is C26H35N3O4. The first-order valence-electron chi connectivity index (χ1n) is 11.4. The molecule has 0 aliphatic carbocycles. The molecule has 7 heteroatoms. The van der Waals surface area contributed by atoms with Crippen LogP contribution in [0.1, 0.15) is 48.0 Å². The van der Waals surface area contributed by atoms with Crippen LogP contribution in [0.2, 0.25) is 0 Å². The Kier molecular flexibility index (Phi) is 9.45. The molecule has 2 aromatic rings. The van der Waals surface area contributed by atoms with E-state index >= 15 is 0 Å². The van der Waals surface area contributed by atoms with Crippen LogP contribution in [-0.2, 0) is 22.6 Å². The van der Waals surface area contributed by atoms with Crippen molar-refractivity contribution in [3.05, 3.63) is 83.4 Å². The van der Waals surface area contributed by atoms with Crippen LogP contribution in [0.5, 0.6) is 0 Å². The number of likely N-dealkylation sites (N-methyl/N-ethyl adjacent to an activating group) is 1. The fraction of sp³-hybridized carbons (Fsp3) is 0.423. The fourth-order valence-corrected chi connectivity index (χ4v) is 3.87. The molecule has 33 heavy (non-hydrogen) atoms. The van der Waals surface area contributed by atoms with Crippen LogP contribution in [-0.4, -0.2) is 48.8 Å². The lowest BCUT2D eigenvalue weighted by atomic mass is 9.99. The number of aliphatic hydroxyl groups is 1. The van der Waals surface area contributed by atoms with Crippen LogP contribution in [0.4, 0.5) is 4.79 Å². The molecule has 2 aromatic carbocycles. The van der Waals surface area contributed by atoms with Crippen LogP contribution in [0.3, 0.4) is 0 Å². The van der Waals surface area contributed by atoms with Crippen molar-refractivity contribution < 1.29 is 19.4 Å². The molecule has 0 bridgehead atoms. The molecule has 3 atom stereocenters. The maximum absolute atomic E-state index is 11.6. The molecule has 1 saturated heterocycles. The van der Waals surface area contributed by atoms with Crippen molar-refractivity contribution in [3.8, 4) is 0 Å². The summed E-state index contributed by atoms with van der Waals surface area (Å²) < 4.78 is 12.7. The maximum atomic E-state index is 11.6. The molecule has 1 fully saturated rings. The smallest absolute Gasteiger partial charge is 0.315 e. The molecule has 0 radical (unpaired) electrons. The number of nitrogens with zero attached hydrogens (tertiary/aromatic N) is 1. The highest BCUT2D eigenvalue weighted by Gasteiger charge is 2.32. The van der Waals surface area contributed by atoms with E-state index < -0.39 is 6.29 Å². The summed E-state index contributed by atoms with van der Waals surface area (Å²) in [4.78, 5) is 13.8. The number of nitrogens with one attached hydrogen (secondary N) is 2. The summed E-state index contributed by atoms with van der Waals surface area (Å²) in [6, 6.07) is 15.6. The second-order valence-electron chi connectivity index (χ2n) is 8.31. The van der Waals surface area contributed by atoms with Gasteiger partial charge < -0.3 is 30.1 Å². The van der Waals surface area contributed by atoms with Crippen molar-refractivity contribution in [3.63, 3.8) is 0 Å². The highest BCUT2D eigenvalue weighted by atomic mass is 16.7. The van der Waals surface area contributed by atoms with Crippen LogP contribution < -0.4 is 10.6 Å². The van der Waals surface area contributed by atoms with Crippen LogP contribution in [0, 0.1) is 0 Å². The van der Waals surface area contributed by atoms with Crippen molar-refractivity contribution in [2.45, 2.75) is 45.0 Å². The predicted octanol–water partition coefficient (Wildman–Crippen LogP) is 3.66. The molecule has 1 aliphatic rings. The van der Waals surface area contributed by atoms with E-state index in [1.807, 2.05) is 61.5 Å². The monoisotopic (exact) mass is 453 g/mol. The van der Waals surface area contributed by atoms with E-state index in [1.165, 1.54) is 0 Å². The molecular weight excluding hydrogens is 418 g/mol. The van der Waals surface area contributed by atoms with Crippen molar-refractivity contribution in [1.82, 2.24) is 15.5 Å². The first-order chi connectivity index (χ1) is 16.0. The van der Waals surface area contributed by atoms with Gasteiger partial charge in [-0.25, -0.2) is 4.79 Å². The van der Waals surface area contributed by atoms with Gasteiger partial charge in [-0.15, -0.1) is 6.58 Å². The number of ether oxygens (including phenoxy) is 2. The normalized spacial score (nSPS) is 20.4. The Morgan fingerprint density at radius 1 is 1.09 bits per heavy atom. The zero-order chi connectivity index (χ0) is 23.6. The van der Waals surface area contributed by atoms with Crippen molar-refractivity contribution in [1.29, 1.82) is 0 Å². The van der Waals surface area contributed by atoms with E-state index in [4.69, 9.17) is 9.47 Å². The van der Waals surface area contributed by atoms with E-state index in [-0.39, 0.29) is 24.8 Å². The Morgan fingerprint density at radius 2 is 1.76 bits per heavy atom. The molecule has 0 saturated carbocycles. The lowest BCUT2D eigenvalue weighted by Gasteiger charge is -2.37. The summed E-state index contributed by atoms with van der Waals surface area (Å²) in [5.41, 5.74) is 3.88. The second-order valence-corrected chi connectivity index (χ2v) is 8.31. The van der Waals surface area contributed by atoms with Gasteiger partial charge in [0.1, 0.15) is 0 Å². The Labute approximate surface area is 196 Å². The number of hydrogen-bond donors (Lipinski definition) is 3. The molecule has 0 unspecified atom stereocenters. The summed E-state index contributed by atoms with van der Waals surface area (Å²) in [6.07, 6.45) is 2.02. The van der Waals surface area contributed by atoms with Gasteiger partial charge in [0.05, 0.1) is 18.8 Å². The highest BCUT2D eigenvalue weighted by Crippen LogP contribution is 2.38. The molecule has 0 spiro atoms. The number of benzene rings is 2. The number of carbonyl (C=O) groups excluding carboxylic acids is 1. The Hall–Kier alpha value is -2.71. The minimum absolute atomic E-state index is 0.00435. The van der Waals surface area contributed by atoms with Crippen LogP contribution in [0.25, 0.3) is 0 Å². The lowest BCUT2D eigenvalue weighted by molar-refractivity contribution is -0.252. The summed E-state index contributed by atoms with van der Waals surface area (Å²) in [6.45, 7) is 8.33. The van der Waals surface area contributed by atoms with E-state index in [0.29, 0.717) is 13.1 Å². The zero-order valence-electron chi connectivity index (χ0n) is 19.5. The molecule has 0 aromatic heterocycles. The molecule has 3 rings (SSSR count). The molecule has 7 nitrogen and oxygen atoms in total. The second kappa shape index (κ2) is 12.5. The average Bonchev–Trinajstić information content (AvgIpc) is 2.83. The standard InChI is InChI=1S/C26H35N3O4/c1-4-14-29(3)17-23-15-24(21-10-8-20(18-30)9-11-21)33-25(32-23)22-12-6-19(7-13-22)16-28-26(31)27-5-2/h4,6-13,23-25,30H,1,5,14-18H2,2-3H3,(H2,27,28,31)/t23-,24+,25+/m0/s1. The van der Waals surface area contributed by atoms with E-state index in [1.54, 1.807) is 0 Å². The van der Waals surface area contributed by atoms with Gasteiger partial charge in [-0.2, -0.15) is 0 Å². The average molecular weight is 454 g/mol. The van der Waals surface area contributed by atoms with Crippen molar-refractivity contribution in [2.24, 2.45) is 0 Å². The summed E-state index contributed by atoms with van der Waals surface area (Å²) in [5.74, 6) is 0. The zero-order valence-corrected chi connectivity index (χ0v) is 19.5. The number of hydrogen-bond acceptors (Lipinski definition) is 5. The Bertz CT molecular complexity index is 885. The molecule has 178 valence electrons. The highest BCUT2D eigenvalue weighted by molar-refractivity contribution is 5.73. The number of urea groups is 1. The maximum Gasteiger partial charge on any atom is 0.315 e. The van der Waals surface area contributed by atoms with E-state index in [0.717, 1.165) is 41.8 Å². The number of rotatable bonds is 10. The SMILES string of the molecule is C=CCN(C)C[C@@H]1C[C@H](c2ccc(CO)cc2)O[C@H](c2ccc(CNC(=O)NCC)cc2)O1. The lowest BCUT2D eigenvalue weighted by Crippen LogP contribution is -2.37. The quantitative estimate of drug-likeness (QED) is 0.478. The van der Waals surface area contributed by atoms with Crippen LogP contribution in [0.15, 0.2) is 61.2 Å². The number of carbonyl (C=O) groups is 1. The van der Waals surface area contributed by atoms with Crippen LogP contribution >= 0.6 is 0 Å². The van der Waals surface area contributed by atoms with Gasteiger partial charge in [-0.3, -0.25) is 0 Å². The Morgan fingerprint density at radius 3 is 2.39 bits per heavy atom. The van der Waals surface area contributed by atoms with Gasteiger partial charge in [0.15, 0.2) is 6.29 Å². The van der Waals surface area contributed by atoms with Crippen molar-refractivity contribution >= 4 is 6.03 Å². The molecule has 2 amide bonds. The van der Waals surface area contributed by atoms with Gasteiger partial charge in [0.2, 0.25) is 0 Å². The van der Waals surface area contributed by atoms with Gasteiger partial charge in [-0.1, -0.05) is 54.6 Å². The number of amides is 2. The van der Waals surface area contributed by atoms with Gasteiger partial charge in [-0.05, 0) is 30.7 Å². The molecule has 1 heterocycles. The molecule has 1 aliphatic heterocycles. The third kappa shape index (κ3) is 7.40. The van der Waals surface area contributed by atoms with Crippen molar-refractivity contribution in [2.75, 3.05) is 26.7 Å². The first-order valence-corrected chi connectivity index (χ1v) is 11.4. The minimum Gasteiger partial charge on any atom is -0.392 e. The minimum atomic E-state index is -0.492. The summed E-state index contributed by atoms with van der Waals surface area (Å²) >= 11 is 0. The predicted molar refractivity (Wildman–Crippen MR) is 128 cm³/mol.